The molecule has 0 saturated carbocycles. The van der Waals surface area contributed by atoms with E-state index in [1.165, 1.54) is 24.1 Å². The number of methoxy groups -OCH3 is 1. The third-order valence-electron chi connectivity index (χ3n) is 3.63. The summed E-state index contributed by atoms with van der Waals surface area (Å²) in [6, 6.07) is 8.06. The molecule has 0 aromatic heterocycles. The second-order valence-corrected chi connectivity index (χ2v) is 7.13. The van der Waals surface area contributed by atoms with Crippen LogP contribution in [-0.2, 0) is 24.3 Å². The fourth-order valence-electron chi connectivity index (χ4n) is 2.32. The third kappa shape index (κ3) is 4.90. The lowest BCUT2D eigenvalue weighted by Crippen LogP contribution is -2.38. The lowest BCUT2D eigenvalue weighted by atomic mass is 10.2. The maximum atomic E-state index is 12.2. The minimum Gasteiger partial charge on any atom is -0.468 e. The fourth-order valence-corrected chi connectivity index (χ4v) is 3.38. The maximum absolute atomic E-state index is 12.2. The quantitative estimate of drug-likeness (QED) is 0.600. The van der Waals surface area contributed by atoms with Gasteiger partial charge in [0, 0.05) is 19.5 Å². The number of carbonyl (C=O) groups excluding carboxylic acids is 2. The van der Waals surface area contributed by atoms with Crippen molar-refractivity contribution >= 4 is 21.9 Å². The van der Waals surface area contributed by atoms with Crippen LogP contribution in [0.1, 0.15) is 12.8 Å². The van der Waals surface area contributed by atoms with Gasteiger partial charge in [-0.3, -0.25) is 9.59 Å². The number of allylic oxidation sites excluding steroid dienone is 1. The second kappa shape index (κ2) is 8.07. The van der Waals surface area contributed by atoms with Crippen molar-refractivity contribution in [3.63, 3.8) is 0 Å². The third-order valence-corrected chi connectivity index (χ3v) is 5.05. The topological polar surface area (TPSA) is 92.8 Å². The Morgan fingerprint density at radius 2 is 2.00 bits per heavy atom. The molecule has 0 aliphatic carbocycles. The first-order valence-electron chi connectivity index (χ1n) is 7.49. The molecule has 8 heteroatoms. The Morgan fingerprint density at radius 3 is 2.67 bits per heavy atom. The van der Waals surface area contributed by atoms with Gasteiger partial charge in [-0.05, 0) is 24.1 Å². The smallest absolute Gasteiger partial charge is 0.325 e. The van der Waals surface area contributed by atoms with Gasteiger partial charge >= 0.3 is 5.97 Å². The molecular weight excluding hydrogens is 332 g/mol. The van der Waals surface area contributed by atoms with Gasteiger partial charge in [0.1, 0.15) is 6.54 Å². The van der Waals surface area contributed by atoms with Crippen LogP contribution in [-0.4, -0.2) is 51.9 Å². The zero-order valence-electron chi connectivity index (χ0n) is 13.4. The van der Waals surface area contributed by atoms with Crippen molar-refractivity contribution in [2.45, 2.75) is 17.7 Å². The molecule has 0 atom stereocenters. The number of benzene rings is 1. The molecule has 0 bridgehead atoms. The Balaban J connectivity index is 2.02. The first kappa shape index (κ1) is 18.2. The van der Waals surface area contributed by atoms with E-state index in [1.54, 1.807) is 18.2 Å². The molecule has 1 N–H and O–H groups in total. The zero-order chi connectivity index (χ0) is 17.6. The van der Waals surface area contributed by atoms with E-state index >= 15 is 0 Å². The molecule has 7 nitrogen and oxygen atoms in total. The van der Waals surface area contributed by atoms with Crippen molar-refractivity contribution in [3.8, 4) is 0 Å². The number of esters is 1. The van der Waals surface area contributed by atoms with Gasteiger partial charge in [0.05, 0.1) is 12.0 Å². The van der Waals surface area contributed by atoms with Crippen molar-refractivity contribution in [2.24, 2.45) is 0 Å². The molecule has 0 radical (unpaired) electrons. The lowest BCUT2D eigenvalue weighted by Gasteiger charge is -2.21. The minimum atomic E-state index is -3.62. The molecule has 24 heavy (non-hydrogen) atoms. The predicted octanol–water partition coefficient (Wildman–Crippen LogP) is 0.687. The highest BCUT2D eigenvalue weighted by Gasteiger charge is 2.22. The zero-order valence-corrected chi connectivity index (χ0v) is 14.2. The number of ether oxygens (including phenoxy) is 1. The molecule has 1 aliphatic heterocycles. The van der Waals surface area contributed by atoms with Crippen molar-refractivity contribution in [3.05, 3.63) is 42.0 Å². The van der Waals surface area contributed by atoms with Gasteiger partial charge in [-0.25, -0.2) is 13.1 Å². The molecule has 0 unspecified atom stereocenters. The van der Waals surface area contributed by atoms with Crippen LogP contribution in [0, 0.1) is 0 Å². The van der Waals surface area contributed by atoms with Crippen LogP contribution in [0.25, 0.3) is 0 Å². The minimum absolute atomic E-state index is 0.0855. The summed E-state index contributed by atoms with van der Waals surface area (Å²) in [6.07, 6.45) is 2.63. The van der Waals surface area contributed by atoms with Crippen LogP contribution in [0.2, 0.25) is 0 Å². The van der Waals surface area contributed by atoms with Crippen LogP contribution >= 0.6 is 0 Å². The van der Waals surface area contributed by atoms with Crippen LogP contribution in [0.4, 0.5) is 0 Å². The molecule has 2 rings (SSSR count). The summed E-state index contributed by atoms with van der Waals surface area (Å²) in [6.45, 7) is 0.144. The van der Waals surface area contributed by atoms with E-state index in [-0.39, 0.29) is 36.9 Å². The molecule has 1 amide bonds. The van der Waals surface area contributed by atoms with E-state index in [0.717, 1.165) is 5.57 Å². The monoisotopic (exact) mass is 352 g/mol. The van der Waals surface area contributed by atoms with Crippen LogP contribution in [0.5, 0.6) is 0 Å². The predicted molar refractivity (Wildman–Crippen MR) is 87.5 cm³/mol. The van der Waals surface area contributed by atoms with E-state index in [2.05, 4.69) is 9.46 Å². The fraction of sp³-hybridized carbons (Fsp3) is 0.375. The standard InChI is InChI=1S/C16H20N2O5S/c1-23-16(20)12-18-11-13(6-5-9-15(18)19)10-17-24(21,22)14-7-3-2-4-8-14/h2-4,6-8,17H,5,9-12H2,1H3. The number of nitrogens with zero attached hydrogens (tertiary/aromatic N) is 1. The number of carbonyl (C=O) groups is 2. The highest BCUT2D eigenvalue weighted by atomic mass is 32.2. The molecular formula is C16H20N2O5S. The van der Waals surface area contributed by atoms with Gasteiger partial charge < -0.3 is 9.64 Å². The van der Waals surface area contributed by atoms with Gasteiger partial charge in [-0.15, -0.1) is 0 Å². The number of hydrogen-bond donors (Lipinski definition) is 1. The van der Waals surface area contributed by atoms with E-state index in [4.69, 9.17) is 0 Å². The van der Waals surface area contributed by atoms with Gasteiger partial charge in [0.15, 0.2) is 0 Å². The number of rotatable bonds is 6. The first-order valence-corrected chi connectivity index (χ1v) is 8.98. The Morgan fingerprint density at radius 1 is 1.29 bits per heavy atom. The molecule has 0 saturated heterocycles. The van der Waals surface area contributed by atoms with E-state index in [0.29, 0.717) is 6.42 Å². The lowest BCUT2D eigenvalue weighted by molar-refractivity contribution is -0.146. The van der Waals surface area contributed by atoms with Crippen molar-refractivity contribution in [1.82, 2.24) is 9.62 Å². The number of amides is 1. The van der Waals surface area contributed by atoms with Crippen molar-refractivity contribution < 1.29 is 22.7 Å². The summed E-state index contributed by atoms with van der Waals surface area (Å²) in [5.74, 6) is -0.660. The van der Waals surface area contributed by atoms with Crippen LogP contribution in [0.3, 0.4) is 0 Å². The summed E-state index contributed by atoms with van der Waals surface area (Å²) in [5, 5.41) is 0. The molecule has 130 valence electrons. The van der Waals surface area contributed by atoms with E-state index < -0.39 is 16.0 Å². The van der Waals surface area contributed by atoms with Crippen LogP contribution in [0.15, 0.2) is 46.9 Å². The Hall–Kier alpha value is -2.19. The highest BCUT2D eigenvalue weighted by Crippen LogP contribution is 2.13. The largest absolute Gasteiger partial charge is 0.468 e. The molecule has 0 fully saturated rings. The van der Waals surface area contributed by atoms with Gasteiger partial charge in [-0.2, -0.15) is 0 Å². The Kier molecular flexibility index (Phi) is 6.10. The maximum Gasteiger partial charge on any atom is 0.325 e. The molecule has 1 aliphatic rings. The van der Waals surface area contributed by atoms with E-state index in [9.17, 15) is 18.0 Å². The van der Waals surface area contributed by atoms with Gasteiger partial charge in [0.2, 0.25) is 15.9 Å². The number of sulfonamides is 1. The SMILES string of the molecule is COC(=O)CN1CC(CNS(=O)(=O)c2ccccc2)=CCCC1=O. The second-order valence-electron chi connectivity index (χ2n) is 5.36. The van der Waals surface area contributed by atoms with Crippen molar-refractivity contribution in [1.29, 1.82) is 0 Å². The number of hydrogen-bond acceptors (Lipinski definition) is 5. The normalized spacial score (nSPS) is 15.6. The molecule has 1 heterocycles. The molecule has 0 spiro atoms. The summed E-state index contributed by atoms with van der Waals surface area (Å²) >= 11 is 0. The average Bonchev–Trinajstić information content (AvgIpc) is 2.75. The van der Waals surface area contributed by atoms with Gasteiger partial charge in [0.25, 0.3) is 0 Å². The Bertz CT molecular complexity index is 728. The highest BCUT2D eigenvalue weighted by molar-refractivity contribution is 7.89. The average molecular weight is 352 g/mol. The summed E-state index contributed by atoms with van der Waals surface area (Å²) in [4.78, 5) is 24.9. The molecule has 1 aromatic rings. The Labute approximate surface area is 141 Å². The van der Waals surface area contributed by atoms with E-state index in [1.807, 2.05) is 6.08 Å². The number of nitrogens with one attached hydrogen (secondary N) is 1. The molecule has 1 aromatic carbocycles. The van der Waals surface area contributed by atoms with Gasteiger partial charge in [-0.1, -0.05) is 24.3 Å². The summed E-state index contributed by atoms with van der Waals surface area (Å²) < 4.78 is 31.6. The first-order chi connectivity index (χ1) is 11.4. The summed E-state index contributed by atoms with van der Waals surface area (Å²) in [5.41, 5.74) is 0.740. The summed E-state index contributed by atoms with van der Waals surface area (Å²) in [7, 11) is -2.36. The van der Waals surface area contributed by atoms with Crippen molar-refractivity contribution in [2.75, 3.05) is 26.7 Å². The van der Waals surface area contributed by atoms with Crippen LogP contribution < -0.4 is 4.72 Å².